The number of hydrogen-bond donors (Lipinski definition) is 1. The smallest absolute Gasteiger partial charge is 0.179 e. The van der Waals surface area contributed by atoms with Gasteiger partial charge in [-0.15, -0.1) is 0 Å². The Kier molecular flexibility index (Phi) is 3.85. The molecule has 1 saturated carbocycles. The quantitative estimate of drug-likeness (QED) is 0.841. The number of benzene rings is 1. The van der Waals surface area contributed by atoms with E-state index in [4.69, 9.17) is 21.1 Å². The molecule has 0 spiro atoms. The lowest BCUT2D eigenvalue weighted by atomic mass is 10.1. The maximum atomic E-state index is 6.27. The SMILES string of the molecule is CCCNCC1CC1c1cc(Cl)c2c(c1)OCCO2. The van der Waals surface area contributed by atoms with Crippen molar-refractivity contribution in [2.75, 3.05) is 26.3 Å². The lowest BCUT2D eigenvalue weighted by molar-refractivity contribution is 0.171. The fourth-order valence-corrected chi connectivity index (χ4v) is 2.96. The van der Waals surface area contributed by atoms with Gasteiger partial charge in [-0.2, -0.15) is 0 Å². The highest BCUT2D eigenvalue weighted by molar-refractivity contribution is 6.32. The molecule has 2 atom stereocenters. The zero-order chi connectivity index (χ0) is 13.2. The van der Waals surface area contributed by atoms with Gasteiger partial charge in [-0.05, 0) is 55.5 Å². The summed E-state index contributed by atoms with van der Waals surface area (Å²) in [5, 5.41) is 4.16. The van der Waals surface area contributed by atoms with E-state index in [9.17, 15) is 0 Å². The standard InChI is InChI=1S/C15H20ClNO2/c1-2-3-17-9-11-6-12(11)10-7-13(16)15-14(8-10)18-4-5-19-15/h7-8,11-12,17H,2-6,9H2,1H3. The number of rotatable bonds is 5. The molecule has 1 aliphatic heterocycles. The second-order valence-corrected chi connectivity index (χ2v) is 5.74. The van der Waals surface area contributed by atoms with E-state index >= 15 is 0 Å². The van der Waals surface area contributed by atoms with Crippen LogP contribution in [0.4, 0.5) is 0 Å². The summed E-state index contributed by atoms with van der Waals surface area (Å²) in [7, 11) is 0. The highest BCUT2D eigenvalue weighted by Gasteiger charge is 2.38. The molecule has 0 bridgehead atoms. The molecule has 2 aliphatic rings. The van der Waals surface area contributed by atoms with Crippen molar-refractivity contribution in [3.63, 3.8) is 0 Å². The first-order valence-corrected chi connectivity index (χ1v) is 7.47. The minimum absolute atomic E-state index is 0.582. The predicted octanol–water partition coefficient (Wildman–Crippen LogP) is 3.21. The second kappa shape index (κ2) is 5.59. The van der Waals surface area contributed by atoms with Crippen molar-refractivity contribution in [3.8, 4) is 11.5 Å². The van der Waals surface area contributed by atoms with Crippen LogP contribution in [0.2, 0.25) is 5.02 Å². The number of nitrogens with one attached hydrogen (secondary N) is 1. The number of ether oxygens (including phenoxy) is 2. The first-order valence-electron chi connectivity index (χ1n) is 7.09. The summed E-state index contributed by atoms with van der Waals surface area (Å²) < 4.78 is 11.2. The average Bonchev–Trinajstić information content (AvgIpc) is 3.19. The molecule has 1 fully saturated rings. The monoisotopic (exact) mass is 281 g/mol. The summed E-state index contributed by atoms with van der Waals surface area (Å²) in [5.74, 6) is 2.88. The van der Waals surface area contributed by atoms with E-state index in [0.29, 0.717) is 29.9 Å². The summed E-state index contributed by atoms with van der Waals surface area (Å²) >= 11 is 6.27. The first kappa shape index (κ1) is 13.1. The second-order valence-electron chi connectivity index (χ2n) is 5.33. The van der Waals surface area contributed by atoms with Gasteiger partial charge in [-0.25, -0.2) is 0 Å². The number of fused-ring (bicyclic) bond motifs is 1. The summed E-state index contributed by atoms with van der Waals surface area (Å²) in [4.78, 5) is 0. The van der Waals surface area contributed by atoms with Gasteiger partial charge in [0.15, 0.2) is 11.5 Å². The molecule has 1 heterocycles. The topological polar surface area (TPSA) is 30.5 Å². The van der Waals surface area contributed by atoms with Gasteiger partial charge in [0.25, 0.3) is 0 Å². The molecule has 3 nitrogen and oxygen atoms in total. The maximum absolute atomic E-state index is 6.27. The molecular formula is C15H20ClNO2. The zero-order valence-electron chi connectivity index (χ0n) is 11.2. The van der Waals surface area contributed by atoms with Crippen LogP contribution in [0, 0.1) is 5.92 Å². The summed E-state index contributed by atoms with van der Waals surface area (Å²) in [6, 6.07) is 4.14. The first-order chi connectivity index (χ1) is 9.29. The fraction of sp³-hybridized carbons (Fsp3) is 0.600. The van der Waals surface area contributed by atoms with Gasteiger partial charge in [0.1, 0.15) is 13.2 Å². The molecule has 0 radical (unpaired) electrons. The van der Waals surface area contributed by atoms with E-state index in [0.717, 1.165) is 24.8 Å². The van der Waals surface area contributed by atoms with E-state index in [1.54, 1.807) is 0 Å². The van der Waals surface area contributed by atoms with Crippen LogP contribution in [-0.4, -0.2) is 26.3 Å². The maximum Gasteiger partial charge on any atom is 0.179 e. The number of hydrogen-bond acceptors (Lipinski definition) is 3. The van der Waals surface area contributed by atoms with Gasteiger partial charge >= 0.3 is 0 Å². The largest absolute Gasteiger partial charge is 0.486 e. The van der Waals surface area contributed by atoms with Crippen LogP contribution in [0.25, 0.3) is 0 Å². The van der Waals surface area contributed by atoms with Gasteiger partial charge < -0.3 is 14.8 Å². The van der Waals surface area contributed by atoms with E-state index in [1.807, 2.05) is 6.07 Å². The molecule has 3 rings (SSSR count). The van der Waals surface area contributed by atoms with Crippen LogP contribution in [0.5, 0.6) is 11.5 Å². The van der Waals surface area contributed by atoms with Crippen molar-refractivity contribution in [2.24, 2.45) is 5.92 Å². The van der Waals surface area contributed by atoms with E-state index in [1.165, 1.54) is 18.4 Å². The van der Waals surface area contributed by atoms with Crippen molar-refractivity contribution in [1.29, 1.82) is 0 Å². The zero-order valence-corrected chi connectivity index (χ0v) is 12.0. The molecule has 1 N–H and O–H groups in total. The highest BCUT2D eigenvalue weighted by Crippen LogP contribution is 2.50. The van der Waals surface area contributed by atoms with Crippen LogP contribution in [0.1, 0.15) is 31.2 Å². The molecular weight excluding hydrogens is 262 g/mol. The van der Waals surface area contributed by atoms with Gasteiger partial charge in [-0.3, -0.25) is 0 Å². The summed E-state index contributed by atoms with van der Waals surface area (Å²) in [6.07, 6.45) is 2.43. The fourth-order valence-electron chi connectivity index (χ4n) is 2.69. The number of halogens is 1. The van der Waals surface area contributed by atoms with Crippen LogP contribution < -0.4 is 14.8 Å². The molecule has 104 valence electrons. The van der Waals surface area contributed by atoms with Gasteiger partial charge in [0, 0.05) is 0 Å². The van der Waals surface area contributed by atoms with Crippen LogP contribution in [0.3, 0.4) is 0 Å². The normalized spacial score (nSPS) is 24.3. The van der Waals surface area contributed by atoms with Crippen molar-refractivity contribution in [3.05, 3.63) is 22.7 Å². The minimum atomic E-state index is 0.582. The Morgan fingerprint density at radius 2 is 2.16 bits per heavy atom. The molecule has 0 saturated heterocycles. The third-order valence-electron chi connectivity index (χ3n) is 3.80. The van der Waals surface area contributed by atoms with E-state index < -0.39 is 0 Å². The van der Waals surface area contributed by atoms with Crippen molar-refractivity contribution >= 4 is 11.6 Å². The summed E-state index contributed by atoms with van der Waals surface area (Å²) in [6.45, 7) is 5.59. The van der Waals surface area contributed by atoms with E-state index in [-0.39, 0.29) is 0 Å². The lowest BCUT2D eigenvalue weighted by Crippen LogP contribution is -2.18. The Morgan fingerprint density at radius 3 is 3.00 bits per heavy atom. The van der Waals surface area contributed by atoms with Crippen LogP contribution in [0.15, 0.2) is 12.1 Å². The summed E-state index contributed by atoms with van der Waals surface area (Å²) in [5.41, 5.74) is 1.29. The van der Waals surface area contributed by atoms with Gasteiger partial charge in [0.2, 0.25) is 0 Å². The van der Waals surface area contributed by atoms with Gasteiger partial charge in [0.05, 0.1) is 5.02 Å². The molecule has 2 unspecified atom stereocenters. The predicted molar refractivity (Wildman–Crippen MR) is 76.5 cm³/mol. The van der Waals surface area contributed by atoms with Crippen LogP contribution in [-0.2, 0) is 0 Å². The molecule has 1 aromatic carbocycles. The Hall–Kier alpha value is -0.930. The molecule has 4 heteroatoms. The third kappa shape index (κ3) is 2.82. The Morgan fingerprint density at radius 1 is 1.32 bits per heavy atom. The third-order valence-corrected chi connectivity index (χ3v) is 4.08. The Bertz CT molecular complexity index is 464. The van der Waals surface area contributed by atoms with Crippen molar-refractivity contribution < 1.29 is 9.47 Å². The lowest BCUT2D eigenvalue weighted by Gasteiger charge is -2.20. The highest BCUT2D eigenvalue weighted by atomic mass is 35.5. The van der Waals surface area contributed by atoms with E-state index in [2.05, 4.69) is 18.3 Å². The molecule has 0 amide bonds. The van der Waals surface area contributed by atoms with Crippen molar-refractivity contribution in [1.82, 2.24) is 5.32 Å². The van der Waals surface area contributed by atoms with Gasteiger partial charge in [-0.1, -0.05) is 18.5 Å². The molecule has 0 aromatic heterocycles. The minimum Gasteiger partial charge on any atom is -0.486 e. The molecule has 1 aromatic rings. The molecule has 19 heavy (non-hydrogen) atoms. The van der Waals surface area contributed by atoms with Crippen LogP contribution >= 0.6 is 11.6 Å². The Labute approximate surface area is 119 Å². The average molecular weight is 282 g/mol. The Balaban J connectivity index is 1.68. The molecule has 1 aliphatic carbocycles. The van der Waals surface area contributed by atoms with Crippen molar-refractivity contribution in [2.45, 2.75) is 25.7 Å².